The zero-order valence-electron chi connectivity index (χ0n) is 11.0. The zero-order chi connectivity index (χ0) is 12.7. The van der Waals surface area contributed by atoms with Gasteiger partial charge in [-0.25, -0.2) is 9.97 Å². The topological polar surface area (TPSA) is 58.0 Å². The Labute approximate surface area is 103 Å². The lowest BCUT2D eigenvalue weighted by Gasteiger charge is -2.27. The van der Waals surface area contributed by atoms with Gasteiger partial charge in [0.05, 0.1) is 5.60 Å². The first-order chi connectivity index (χ1) is 8.09. The Morgan fingerprint density at radius 2 is 1.71 bits per heavy atom. The van der Waals surface area contributed by atoms with Crippen LogP contribution in [0.4, 0.5) is 5.95 Å². The van der Waals surface area contributed by atoms with Crippen LogP contribution in [0.3, 0.4) is 0 Å². The van der Waals surface area contributed by atoms with Crippen molar-refractivity contribution < 1.29 is 5.11 Å². The molecule has 0 aliphatic carbocycles. The molecule has 0 radical (unpaired) electrons. The van der Waals surface area contributed by atoms with E-state index < -0.39 is 5.60 Å². The van der Waals surface area contributed by atoms with Crippen molar-refractivity contribution in [3.63, 3.8) is 0 Å². The SMILES string of the molecule is CCCC(O)(CCC)CNc1ncc(C)cn1. The first kappa shape index (κ1) is 13.9. The molecular weight excluding hydrogens is 214 g/mol. The van der Waals surface area contributed by atoms with E-state index in [0.717, 1.165) is 31.2 Å². The minimum Gasteiger partial charge on any atom is -0.388 e. The summed E-state index contributed by atoms with van der Waals surface area (Å²) < 4.78 is 0. The molecule has 4 heteroatoms. The predicted molar refractivity (Wildman–Crippen MR) is 70.0 cm³/mol. The first-order valence-electron chi connectivity index (χ1n) is 6.34. The van der Waals surface area contributed by atoms with Crippen LogP contribution in [-0.2, 0) is 0 Å². The highest BCUT2D eigenvalue weighted by Gasteiger charge is 2.24. The molecule has 1 rings (SSSR count). The van der Waals surface area contributed by atoms with Gasteiger partial charge in [0.25, 0.3) is 0 Å². The van der Waals surface area contributed by atoms with Crippen LogP contribution < -0.4 is 5.32 Å². The van der Waals surface area contributed by atoms with E-state index in [0.29, 0.717) is 12.5 Å². The summed E-state index contributed by atoms with van der Waals surface area (Å²) in [7, 11) is 0. The van der Waals surface area contributed by atoms with Crippen LogP contribution in [0, 0.1) is 6.92 Å². The number of nitrogens with one attached hydrogen (secondary N) is 1. The molecule has 1 aromatic heterocycles. The van der Waals surface area contributed by atoms with Gasteiger partial charge in [0.2, 0.25) is 5.95 Å². The summed E-state index contributed by atoms with van der Waals surface area (Å²) in [4.78, 5) is 8.34. The maximum atomic E-state index is 10.4. The number of anilines is 1. The van der Waals surface area contributed by atoms with Crippen molar-refractivity contribution in [2.45, 2.75) is 52.1 Å². The highest BCUT2D eigenvalue weighted by atomic mass is 16.3. The van der Waals surface area contributed by atoms with Gasteiger partial charge in [0.15, 0.2) is 0 Å². The second kappa shape index (κ2) is 6.55. The molecule has 0 aliphatic heterocycles. The molecular formula is C13H23N3O. The summed E-state index contributed by atoms with van der Waals surface area (Å²) in [5.41, 5.74) is 0.394. The quantitative estimate of drug-likeness (QED) is 0.765. The molecule has 0 aliphatic rings. The maximum Gasteiger partial charge on any atom is 0.222 e. The van der Waals surface area contributed by atoms with E-state index in [4.69, 9.17) is 0 Å². The largest absolute Gasteiger partial charge is 0.388 e. The minimum absolute atomic E-state index is 0.512. The lowest BCUT2D eigenvalue weighted by atomic mass is 9.93. The predicted octanol–water partition coefficient (Wildman–Crippen LogP) is 2.53. The summed E-state index contributed by atoms with van der Waals surface area (Å²) in [6.45, 7) is 6.64. The van der Waals surface area contributed by atoms with Crippen LogP contribution in [0.1, 0.15) is 45.1 Å². The first-order valence-corrected chi connectivity index (χ1v) is 6.34. The van der Waals surface area contributed by atoms with Gasteiger partial charge in [-0.05, 0) is 25.3 Å². The average Bonchev–Trinajstić information content (AvgIpc) is 2.29. The molecule has 96 valence electrons. The smallest absolute Gasteiger partial charge is 0.222 e. The van der Waals surface area contributed by atoms with E-state index in [1.807, 2.05) is 6.92 Å². The number of aliphatic hydroxyl groups is 1. The molecule has 17 heavy (non-hydrogen) atoms. The molecule has 0 saturated heterocycles. The molecule has 0 bridgehead atoms. The van der Waals surface area contributed by atoms with Crippen molar-refractivity contribution in [1.29, 1.82) is 0 Å². The molecule has 0 unspecified atom stereocenters. The van der Waals surface area contributed by atoms with E-state index in [2.05, 4.69) is 29.1 Å². The summed E-state index contributed by atoms with van der Waals surface area (Å²) in [6, 6.07) is 0. The lowest BCUT2D eigenvalue weighted by molar-refractivity contribution is 0.0342. The van der Waals surface area contributed by atoms with Crippen LogP contribution in [-0.4, -0.2) is 27.2 Å². The van der Waals surface area contributed by atoms with E-state index in [9.17, 15) is 5.11 Å². The Hall–Kier alpha value is -1.16. The average molecular weight is 237 g/mol. The third-order valence-corrected chi connectivity index (χ3v) is 2.79. The van der Waals surface area contributed by atoms with Gasteiger partial charge >= 0.3 is 0 Å². The van der Waals surface area contributed by atoms with E-state index in [1.165, 1.54) is 0 Å². The van der Waals surface area contributed by atoms with Gasteiger partial charge in [0.1, 0.15) is 0 Å². The van der Waals surface area contributed by atoms with E-state index in [-0.39, 0.29) is 0 Å². The van der Waals surface area contributed by atoms with Gasteiger partial charge < -0.3 is 10.4 Å². The lowest BCUT2D eigenvalue weighted by Crippen LogP contribution is -2.37. The number of aryl methyl sites for hydroxylation is 1. The van der Waals surface area contributed by atoms with Crippen molar-refractivity contribution in [3.05, 3.63) is 18.0 Å². The summed E-state index contributed by atoms with van der Waals surface area (Å²) in [6.07, 6.45) is 7.11. The Balaban J connectivity index is 2.54. The fourth-order valence-electron chi connectivity index (χ4n) is 1.96. The van der Waals surface area contributed by atoms with Gasteiger partial charge in [-0.15, -0.1) is 0 Å². The molecule has 1 heterocycles. The molecule has 0 saturated carbocycles. The van der Waals surface area contributed by atoms with Gasteiger partial charge in [-0.3, -0.25) is 0 Å². The molecule has 0 spiro atoms. The van der Waals surface area contributed by atoms with Gasteiger partial charge in [-0.2, -0.15) is 0 Å². The number of rotatable bonds is 7. The molecule has 0 amide bonds. The third-order valence-electron chi connectivity index (χ3n) is 2.79. The van der Waals surface area contributed by atoms with Crippen LogP contribution in [0.2, 0.25) is 0 Å². The monoisotopic (exact) mass is 237 g/mol. The molecule has 0 fully saturated rings. The minimum atomic E-state index is -0.641. The Kier molecular flexibility index (Phi) is 5.35. The van der Waals surface area contributed by atoms with Crippen LogP contribution in [0.15, 0.2) is 12.4 Å². The van der Waals surface area contributed by atoms with Crippen molar-refractivity contribution in [1.82, 2.24) is 9.97 Å². The molecule has 0 aromatic carbocycles. The highest BCUT2D eigenvalue weighted by Crippen LogP contribution is 2.19. The van der Waals surface area contributed by atoms with Gasteiger partial charge in [0, 0.05) is 18.9 Å². The normalized spacial score (nSPS) is 11.5. The number of nitrogens with zero attached hydrogens (tertiary/aromatic N) is 2. The highest BCUT2D eigenvalue weighted by molar-refractivity contribution is 5.25. The van der Waals surface area contributed by atoms with Gasteiger partial charge in [-0.1, -0.05) is 26.7 Å². The summed E-state index contributed by atoms with van der Waals surface area (Å²) in [5, 5.41) is 13.5. The summed E-state index contributed by atoms with van der Waals surface area (Å²) >= 11 is 0. The van der Waals surface area contributed by atoms with Crippen LogP contribution in [0.25, 0.3) is 0 Å². The molecule has 4 nitrogen and oxygen atoms in total. The van der Waals surface area contributed by atoms with Crippen molar-refractivity contribution in [3.8, 4) is 0 Å². The second-order valence-corrected chi connectivity index (χ2v) is 4.66. The zero-order valence-corrected chi connectivity index (χ0v) is 11.0. The van der Waals surface area contributed by atoms with Crippen molar-refractivity contribution in [2.24, 2.45) is 0 Å². The molecule has 0 atom stereocenters. The maximum absolute atomic E-state index is 10.4. The van der Waals surface area contributed by atoms with Crippen molar-refractivity contribution >= 4 is 5.95 Å². The Morgan fingerprint density at radius 3 is 2.18 bits per heavy atom. The van der Waals surface area contributed by atoms with Crippen LogP contribution in [0.5, 0.6) is 0 Å². The van der Waals surface area contributed by atoms with Crippen LogP contribution >= 0.6 is 0 Å². The molecule has 1 aromatic rings. The number of hydrogen-bond acceptors (Lipinski definition) is 4. The summed E-state index contributed by atoms with van der Waals surface area (Å²) in [5.74, 6) is 0.584. The fraction of sp³-hybridized carbons (Fsp3) is 0.692. The fourth-order valence-corrected chi connectivity index (χ4v) is 1.96. The number of hydrogen-bond donors (Lipinski definition) is 2. The molecule has 2 N–H and O–H groups in total. The second-order valence-electron chi connectivity index (χ2n) is 4.66. The Bertz CT molecular complexity index is 318. The van der Waals surface area contributed by atoms with Crippen molar-refractivity contribution in [2.75, 3.05) is 11.9 Å². The van der Waals surface area contributed by atoms with E-state index >= 15 is 0 Å². The Morgan fingerprint density at radius 1 is 1.18 bits per heavy atom. The third kappa shape index (κ3) is 4.69. The van der Waals surface area contributed by atoms with E-state index in [1.54, 1.807) is 12.4 Å². The standard InChI is InChI=1S/C13H23N3O/c1-4-6-13(17,7-5-2)10-16-12-14-8-11(3)9-15-12/h8-9,17H,4-7,10H2,1-3H3,(H,14,15,16). The number of aromatic nitrogens is 2.